The Kier molecular flexibility index (Phi) is 2.78. The molecule has 0 N–H and O–H groups in total. The van der Waals surface area contributed by atoms with Gasteiger partial charge in [0.2, 0.25) is 0 Å². The van der Waals surface area contributed by atoms with E-state index in [-0.39, 0.29) is 5.25 Å². The Morgan fingerprint density at radius 1 is 1.43 bits per heavy atom. The summed E-state index contributed by atoms with van der Waals surface area (Å²) < 4.78 is 22.4. The number of pyridine rings is 1. The maximum Gasteiger partial charge on any atom is 0.151 e. The molecule has 1 aliphatic rings. The highest BCUT2D eigenvalue weighted by Gasteiger charge is 2.28. The maximum atomic E-state index is 11.2. The third-order valence-electron chi connectivity index (χ3n) is 2.12. The Hall–Kier alpha value is -0.550. The van der Waals surface area contributed by atoms with E-state index in [1.54, 1.807) is 18.0 Å². The summed E-state index contributed by atoms with van der Waals surface area (Å²) in [4.78, 5) is 4.16. The molecule has 0 bridgehead atoms. The van der Waals surface area contributed by atoms with E-state index < -0.39 is 9.84 Å². The zero-order chi connectivity index (χ0) is 10.0. The zero-order valence-corrected chi connectivity index (χ0v) is 9.22. The van der Waals surface area contributed by atoms with Crippen LogP contribution in [0, 0.1) is 0 Å². The summed E-state index contributed by atoms with van der Waals surface area (Å²) in [5, 5.41) is 1.10. The van der Waals surface area contributed by atoms with E-state index in [2.05, 4.69) is 4.98 Å². The third kappa shape index (κ3) is 2.48. The Morgan fingerprint density at radius 3 is 2.86 bits per heavy atom. The molecule has 2 rings (SSSR count). The monoisotopic (exact) mass is 229 g/mol. The molecular formula is C9H11NO2S2. The van der Waals surface area contributed by atoms with Gasteiger partial charge in [0.05, 0.1) is 16.5 Å². The predicted octanol–water partition coefficient (Wildman–Crippen LogP) is 1.36. The van der Waals surface area contributed by atoms with E-state index in [4.69, 9.17) is 0 Å². The van der Waals surface area contributed by atoms with Crippen molar-refractivity contribution in [3.8, 4) is 0 Å². The van der Waals surface area contributed by atoms with Crippen LogP contribution in [0.4, 0.5) is 0 Å². The average Bonchev–Trinajstić information content (AvgIpc) is 2.47. The van der Waals surface area contributed by atoms with Crippen molar-refractivity contribution in [3.05, 3.63) is 24.4 Å². The largest absolute Gasteiger partial charge is 0.250 e. The van der Waals surface area contributed by atoms with Crippen LogP contribution in [-0.4, -0.2) is 30.2 Å². The van der Waals surface area contributed by atoms with Gasteiger partial charge in [0, 0.05) is 11.4 Å². The molecule has 1 saturated heterocycles. The minimum Gasteiger partial charge on any atom is -0.250 e. The molecule has 3 nitrogen and oxygen atoms in total. The van der Waals surface area contributed by atoms with E-state index in [1.165, 1.54) is 0 Å². The van der Waals surface area contributed by atoms with Crippen LogP contribution in [0.2, 0.25) is 0 Å². The van der Waals surface area contributed by atoms with Crippen molar-refractivity contribution < 1.29 is 8.42 Å². The summed E-state index contributed by atoms with van der Waals surface area (Å²) in [6, 6.07) is 5.68. The van der Waals surface area contributed by atoms with Crippen LogP contribution in [0.3, 0.4) is 0 Å². The van der Waals surface area contributed by atoms with E-state index in [9.17, 15) is 8.42 Å². The number of hydrogen-bond donors (Lipinski definition) is 0. The molecule has 0 saturated carbocycles. The minimum atomic E-state index is -2.76. The molecule has 2 heterocycles. The van der Waals surface area contributed by atoms with Crippen LogP contribution in [0.25, 0.3) is 0 Å². The van der Waals surface area contributed by atoms with Crippen molar-refractivity contribution >= 4 is 21.6 Å². The average molecular weight is 229 g/mol. The highest BCUT2D eigenvalue weighted by molar-refractivity contribution is 8.01. The first-order valence-corrected chi connectivity index (χ1v) is 7.14. The maximum absolute atomic E-state index is 11.2. The molecule has 14 heavy (non-hydrogen) atoms. The second-order valence-corrected chi connectivity index (χ2v) is 6.86. The Morgan fingerprint density at radius 2 is 2.29 bits per heavy atom. The molecule has 1 aromatic heterocycles. The van der Waals surface area contributed by atoms with Crippen LogP contribution < -0.4 is 0 Å². The smallest absolute Gasteiger partial charge is 0.151 e. The molecule has 0 aliphatic carbocycles. The second-order valence-electron chi connectivity index (χ2n) is 3.31. The first-order valence-electron chi connectivity index (χ1n) is 4.44. The van der Waals surface area contributed by atoms with Crippen LogP contribution >= 0.6 is 11.8 Å². The van der Waals surface area contributed by atoms with Crippen LogP contribution in [-0.2, 0) is 9.84 Å². The van der Waals surface area contributed by atoms with Gasteiger partial charge in [-0.2, -0.15) is 0 Å². The van der Waals surface area contributed by atoms with Gasteiger partial charge in [-0.15, -0.1) is 11.8 Å². The first-order chi connectivity index (χ1) is 6.66. The van der Waals surface area contributed by atoms with Gasteiger partial charge in [-0.1, -0.05) is 6.07 Å². The molecule has 1 fully saturated rings. The molecule has 1 aromatic rings. The van der Waals surface area contributed by atoms with Gasteiger partial charge in [-0.25, -0.2) is 13.4 Å². The van der Waals surface area contributed by atoms with E-state index in [0.717, 1.165) is 11.4 Å². The number of rotatable bonds is 2. The lowest BCUT2D eigenvalue weighted by Gasteiger charge is -2.05. The lowest BCUT2D eigenvalue weighted by Crippen LogP contribution is -2.06. The molecule has 0 amide bonds. The molecule has 1 aliphatic heterocycles. The van der Waals surface area contributed by atoms with Gasteiger partial charge in [0.25, 0.3) is 0 Å². The van der Waals surface area contributed by atoms with Crippen molar-refractivity contribution in [2.45, 2.75) is 16.7 Å². The van der Waals surface area contributed by atoms with Gasteiger partial charge < -0.3 is 0 Å². The van der Waals surface area contributed by atoms with E-state index in [0.29, 0.717) is 11.5 Å². The van der Waals surface area contributed by atoms with Gasteiger partial charge in [0.15, 0.2) is 9.84 Å². The summed E-state index contributed by atoms with van der Waals surface area (Å²) in [5.74, 6) is 0.631. The fourth-order valence-corrected chi connectivity index (χ4v) is 4.88. The summed E-state index contributed by atoms with van der Waals surface area (Å²) in [6.45, 7) is 0. The molecule has 0 aromatic carbocycles. The molecular weight excluding hydrogens is 218 g/mol. The topological polar surface area (TPSA) is 47.0 Å². The second kappa shape index (κ2) is 3.90. The number of aromatic nitrogens is 1. The summed E-state index contributed by atoms with van der Waals surface area (Å²) >= 11 is 1.56. The Bertz CT molecular complexity index is 402. The van der Waals surface area contributed by atoms with Gasteiger partial charge >= 0.3 is 0 Å². The van der Waals surface area contributed by atoms with Crippen LogP contribution in [0.5, 0.6) is 0 Å². The van der Waals surface area contributed by atoms with Crippen molar-refractivity contribution in [1.29, 1.82) is 0 Å². The SMILES string of the molecule is O=S1(=O)CC[C@@H](Sc2ccccn2)C1. The van der Waals surface area contributed by atoms with Gasteiger partial charge in [0.1, 0.15) is 0 Å². The molecule has 0 unspecified atom stereocenters. The number of thioether (sulfide) groups is 1. The normalized spacial score (nSPS) is 25.0. The third-order valence-corrected chi connectivity index (χ3v) is 5.31. The van der Waals surface area contributed by atoms with Gasteiger partial charge in [-0.3, -0.25) is 0 Å². The van der Waals surface area contributed by atoms with Crippen molar-refractivity contribution in [1.82, 2.24) is 4.98 Å². The van der Waals surface area contributed by atoms with Crippen molar-refractivity contribution in [3.63, 3.8) is 0 Å². The Balaban J connectivity index is 2.01. The van der Waals surface area contributed by atoms with Gasteiger partial charge in [-0.05, 0) is 18.6 Å². The lowest BCUT2D eigenvalue weighted by atomic mass is 10.4. The highest BCUT2D eigenvalue weighted by Crippen LogP contribution is 2.29. The summed E-state index contributed by atoms with van der Waals surface area (Å²) in [6.07, 6.45) is 2.48. The summed E-state index contributed by atoms with van der Waals surface area (Å²) in [5.41, 5.74) is 0. The van der Waals surface area contributed by atoms with Crippen LogP contribution in [0.15, 0.2) is 29.4 Å². The number of hydrogen-bond acceptors (Lipinski definition) is 4. The number of sulfone groups is 1. The fourth-order valence-electron chi connectivity index (χ4n) is 1.44. The fraction of sp³-hybridized carbons (Fsp3) is 0.444. The van der Waals surface area contributed by atoms with Crippen LogP contribution in [0.1, 0.15) is 6.42 Å². The predicted molar refractivity (Wildman–Crippen MR) is 57.2 cm³/mol. The molecule has 0 radical (unpaired) electrons. The molecule has 1 atom stereocenters. The van der Waals surface area contributed by atoms with Crippen molar-refractivity contribution in [2.24, 2.45) is 0 Å². The highest BCUT2D eigenvalue weighted by atomic mass is 32.2. The number of nitrogens with zero attached hydrogens (tertiary/aromatic N) is 1. The van der Waals surface area contributed by atoms with Crippen molar-refractivity contribution in [2.75, 3.05) is 11.5 Å². The summed E-state index contributed by atoms with van der Waals surface area (Å²) in [7, 11) is -2.76. The zero-order valence-electron chi connectivity index (χ0n) is 7.59. The Labute approximate surface area is 87.9 Å². The standard InChI is InChI=1S/C9H11NO2S2/c11-14(12)6-4-8(7-14)13-9-3-1-2-5-10-9/h1-3,5,8H,4,6-7H2/t8-/m1/s1. The molecule has 0 spiro atoms. The minimum absolute atomic E-state index is 0.190. The molecule has 76 valence electrons. The molecule has 5 heteroatoms. The quantitative estimate of drug-likeness (QED) is 0.768. The first kappa shape index (κ1) is 9.98. The van der Waals surface area contributed by atoms with E-state index >= 15 is 0 Å². The van der Waals surface area contributed by atoms with E-state index in [1.807, 2.05) is 18.2 Å². The lowest BCUT2D eigenvalue weighted by molar-refractivity contribution is 0.602.